The first-order chi connectivity index (χ1) is 19.9. The number of piperazine rings is 1. The quantitative estimate of drug-likeness (QED) is 0.373. The third kappa shape index (κ3) is 5.83. The molecule has 2 aromatic rings. The van der Waals surface area contributed by atoms with Crippen LogP contribution in [0.3, 0.4) is 0 Å². The van der Waals surface area contributed by atoms with E-state index < -0.39 is 58.2 Å². The molecule has 2 aliphatic rings. The molecule has 1 aliphatic carbocycles. The monoisotopic (exact) mass is 598 g/mol. The topological polar surface area (TPSA) is 122 Å². The summed E-state index contributed by atoms with van der Waals surface area (Å²) in [6.45, 7) is 5.72. The molecule has 2 aromatic carbocycles. The van der Waals surface area contributed by atoms with Gasteiger partial charge in [0.05, 0.1) is 5.70 Å². The van der Waals surface area contributed by atoms with Crippen molar-refractivity contribution in [2.45, 2.75) is 24.4 Å². The minimum absolute atomic E-state index is 0.0368. The van der Waals surface area contributed by atoms with E-state index in [2.05, 4.69) is 11.9 Å². The summed E-state index contributed by atoms with van der Waals surface area (Å²) >= 11 is 6.78. The molecule has 9 nitrogen and oxygen atoms in total. The van der Waals surface area contributed by atoms with Gasteiger partial charge in [0.2, 0.25) is 11.8 Å². The van der Waals surface area contributed by atoms with Gasteiger partial charge in [-0.2, -0.15) is 0 Å². The Hall–Kier alpha value is -4.35. The number of nitrogens with one attached hydrogen (secondary N) is 1. The molecule has 0 saturated carbocycles. The Labute approximate surface area is 246 Å². The molecule has 42 heavy (non-hydrogen) atoms. The number of allylic oxidation sites excluding steroid dienone is 1. The largest absolute Gasteiger partial charge is 0.366 e. The van der Waals surface area contributed by atoms with Crippen molar-refractivity contribution >= 4 is 40.8 Å². The van der Waals surface area contributed by atoms with Gasteiger partial charge < -0.3 is 25.6 Å². The number of alkyl halides is 1. The number of methoxy groups -OCH3 is 1. The number of primary amides is 1. The van der Waals surface area contributed by atoms with Crippen LogP contribution in [-0.2, 0) is 14.3 Å². The Balaban J connectivity index is 1.84. The molecule has 12 heteroatoms. The molecule has 1 saturated heterocycles. The molecule has 1 heterocycles. The molecule has 0 bridgehead atoms. The smallest absolute Gasteiger partial charge is 0.255 e. The van der Waals surface area contributed by atoms with E-state index in [0.29, 0.717) is 0 Å². The van der Waals surface area contributed by atoms with Crippen molar-refractivity contribution in [1.29, 1.82) is 0 Å². The van der Waals surface area contributed by atoms with Gasteiger partial charge in [-0.15, -0.1) is 0 Å². The Kier molecular flexibility index (Phi) is 8.93. The average Bonchev–Trinajstić information content (AvgIpc) is 2.98. The van der Waals surface area contributed by atoms with E-state index in [9.17, 15) is 23.6 Å². The van der Waals surface area contributed by atoms with E-state index >= 15 is 4.39 Å². The molecule has 1 aliphatic heterocycles. The molecule has 220 valence electrons. The van der Waals surface area contributed by atoms with Crippen molar-refractivity contribution in [3.8, 4) is 0 Å². The Morgan fingerprint density at radius 1 is 1.12 bits per heavy atom. The maximum absolute atomic E-state index is 16.6. The number of nitrogens with zero attached hydrogens (tertiary/aromatic N) is 2. The van der Waals surface area contributed by atoms with Crippen molar-refractivity contribution < 1.29 is 32.7 Å². The van der Waals surface area contributed by atoms with Gasteiger partial charge in [-0.3, -0.25) is 19.2 Å². The van der Waals surface area contributed by atoms with E-state index in [4.69, 9.17) is 22.1 Å². The van der Waals surface area contributed by atoms with Crippen LogP contribution in [0.15, 0.2) is 78.3 Å². The SMILES string of the molecule is C=CC(=O)N1CCN(C(=O)C2=C(NC(=O)c3cccc(C(N)=O)c3)C(F)=C(c3ccccc3F)C(Cl)(OC)C2)[C@@H](C)C1. The molecule has 1 unspecified atom stereocenters. The molecule has 4 amide bonds. The van der Waals surface area contributed by atoms with E-state index in [-0.39, 0.29) is 47.8 Å². The van der Waals surface area contributed by atoms with Crippen molar-refractivity contribution in [2.24, 2.45) is 5.73 Å². The molecule has 0 aromatic heterocycles. The van der Waals surface area contributed by atoms with Gasteiger partial charge in [0.25, 0.3) is 11.8 Å². The predicted molar refractivity (Wildman–Crippen MR) is 152 cm³/mol. The number of benzene rings is 2. The number of rotatable bonds is 7. The summed E-state index contributed by atoms with van der Waals surface area (Å²) in [6, 6.07) is 10.3. The number of ether oxygens (including phenoxy) is 1. The first kappa shape index (κ1) is 30.6. The van der Waals surface area contributed by atoms with Gasteiger partial charge in [-0.25, -0.2) is 8.78 Å². The van der Waals surface area contributed by atoms with E-state index in [1.165, 1.54) is 65.5 Å². The minimum atomic E-state index is -2.01. The van der Waals surface area contributed by atoms with Crippen LogP contribution in [-0.4, -0.2) is 71.3 Å². The van der Waals surface area contributed by atoms with Crippen molar-refractivity contribution in [1.82, 2.24) is 15.1 Å². The summed E-state index contributed by atoms with van der Waals surface area (Å²) in [4.78, 5) is 54.1. The maximum Gasteiger partial charge on any atom is 0.255 e. The third-order valence-corrected chi connectivity index (χ3v) is 7.74. The fraction of sp³-hybridized carbons (Fsp3) is 0.267. The van der Waals surface area contributed by atoms with Gasteiger partial charge in [0.1, 0.15) is 5.82 Å². The highest BCUT2D eigenvalue weighted by molar-refractivity contribution is 6.30. The lowest BCUT2D eigenvalue weighted by molar-refractivity contribution is -0.137. The van der Waals surface area contributed by atoms with Gasteiger partial charge in [-0.05, 0) is 37.3 Å². The number of hydrogen-bond acceptors (Lipinski definition) is 5. The first-order valence-electron chi connectivity index (χ1n) is 13.0. The summed E-state index contributed by atoms with van der Waals surface area (Å²) < 4.78 is 37.0. The second-order valence-corrected chi connectivity index (χ2v) is 10.5. The van der Waals surface area contributed by atoms with Crippen molar-refractivity contribution in [3.63, 3.8) is 0 Å². The molecule has 1 fully saturated rings. The number of amides is 4. The van der Waals surface area contributed by atoms with Crippen LogP contribution in [0.25, 0.3) is 5.57 Å². The zero-order valence-electron chi connectivity index (χ0n) is 23.0. The zero-order chi connectivity index (χ0) is 30.8. The van der Waals surface area contributed by atoms with Crippen LogP contribution in [0.4, 0.5) is 8.78 Å². The van der Waals surface area contributed by atoms with Crippen LogP contribution in [0, 0.1) is 5.82 Å². The number of halogens is 3. The predicted octanol–water partition coefficient (Wildman–Crippen LogP) is 3.52. The second-order valence-electron chi connectivity index (χ2n) is 9.87. The highest BCUT2D eigenvalue weighted by atomic mass is 35.5. The van der Waals surface area contributed by atoms with Crippen molar-refractivity contribution in [3.05, 3.63) is 101 Å². The van der Waals surface area contributed by atoms with E-state index in [1.807, 2.05) is 0 Å². The number of carbonyl (C=O) groups is 4. The maximum atomic E-state index is 16.6. The molecule has 3 N–H and O–H groups in total. The van der Waals surface area contributed by atoms with Crippen LogP contribution < -0.4 is 11.1 Å². The Morgan fingerprint density at radius 2 is 1.81 bits per heavy atom. The van der Waals surface area contributed by atoms with Crippen LogP contribution >= 0.6 is 11.6 Å². The van der Waals surface area contributed by atoms with Crippen LogP contribution in [0.5, 0.6) is 0 Å². The van der Waals surface area contributed by atoms with Gasteiger partial charge in [0.15, 0.2) is 10.9 Å². The average molecular weight is 599 g/mol. The zero-order valence-corrected chi connectivity index (χ0v) is 23.7. The van der Waals surface area contributed by atoms with E-state index in [0.717, 1.165) is 6.07 Å². The molecule has 2 atom stereocenters. The lowest BCUT2D eigenvalue weighted by Gasteiger charge is -2.42. The van der Waals surface area contributed by atoms with Crippen molar-refractivity contribution in [2.75, 3.05) is 26.7 Å². The summed E-state index contributed by atoms with van der Waals surface area (Å²) in [5.74, 6) is -4.54. The molecule has 4 rings (SSSR count). The van der Waals surface area contributed by atoms with E-state index in [1.54, 1.807) is 6.92 Å². The lowest BCUT2D eigenvalue weighted by atomic mass is 9.86. The summed E-state index contributed by atoms with van der Waals surface area (Å²) in [7, 11) is 1.20. The van der Waals surface area contributed by atoms with Crippen LogP contribution in [0.2, 0.25) is 0 Å². The Morgan fingerprint density at radius 3 is 2.43 bits per heavy atom. The minimum Gasteiger partial charge on any atom is -0.366 e. The fourth-order valence-electron chi connectivity index (χ4n) is 5.06. The second kappa shape index (κ2) is 12.3. The lowest BCUT2D eigenvalue weighted by Crippen LogP contribution is -2.56. The highest BCUT2D eigenvalue weighted by Gasteiger charge is 2.46. The van der Waals surface area contributed by atoms with Gasteiger partial charge in [-0.1, -0.05) is 42.4 Å². The summed E-state index contributed by atoms with van der Waals surface area (Å²) in [5, 5.41) is 0.434. The summed E-state index contributed by atoms with van der Waals surface area (Å²) in [5.41, 5.74) is 3.98. The number of nitrogens with two attached hydrogens (primary N) is 1. The standard InChI is InChI=1S/C30H29ClF2N4O5/c1-4-23(38)36-12-13-37(17(2)16-36)29(41)21-15-30(31,42-3)24(20-10-5-6-11-22(20)32)25(33)26(21)35-28(40)19-9-7-8-18(14-19)27(34)39/h4-11,14,17H,1,12-13,15-16H2,2-3H3,(H2,34,39)(H,35,40)/t17-,30?/m0/s1. The fourth-order valence-corrected chi connectivity index (χ4v) is 5.38. The molecule has 0 radical (unpaired) electrons. The molecular formula is C30H29ClF2N4O5. The van der Waals surface area contributed by atoms with Gasteiger partial charge >= 0.3 is 0 Å². The van der Waals surface area contributed by atoms with Crippen LogP contribution in [0.1, 0.15) is 39.6 Å². The normalized spacial score (nSPS) is 20.8. The number of carbonyl (C=O) groups excluding carboxylic acids is 4. The number of hydrogen-bond donors (Lipinski definition) is 2. The summed E-state index contributed by atoms with van der Waals surface area (Å²) in [6.07, 6.45) is 0.746. The third-order valence-electron chi connectivity index (χ3n) is 7.27. The highest BCUT2D eigenvalue weighted by Crippen LogP contribution is 2.48. The first-order valence-corrected chi connectivity index (χ1v) is 13.4. The van der Waals surface area contributed by atoms with Gasteiger partial charge in [0, 0.05) is 67.0 Å². The molecule has 0 spiro atoms. The molecular weight excluding hydrogens is 570 g/mol. The Bertz CT molecular complexity index is 1540.